The number of hydrogen-bond donors (Lipinski definition) is 1. The van der Waals surface area contributed by atoms with Crippen molar-refractivity contribution in [1.29, 1.82) is 0 Å². The molecule has 0 bridgehead atoms. The number of carbonyl (C=O) groups is 1. The lowest BCUT2D eigenvalue weighted by Gasteiger charge is -2.32. The maximum atomic E-state index is 12.3. The standard InChI is InChI=1S/C11H16F3NO/c1-2-10(16)15-9-6-4-3-5-8(9)7-11(12,13)14/h2,8-9H,1,3-7H2,(H,15,16)/t8-,9-/m0/s1. The molecule has 1 aliphatic rings. The van der Waals surface area contributed by atoms with Crippen molar-refractivity contribution in [2.24, 2.45) is 5.92 Å². The summed E-state index contributed by atoms with van der Waals surface area (Å²) in [5.41, 5.74) is 0. The molecule has 1 amide bonds. The molecule has 0 aromatic carbocycles. The second-order valence-electron chi connectivity index (χ2n) is 4.18. The van der Waals surface area contributed by atoms with Crippen molar-refractivity contribution in [3.63, 3.8) is 0 Å². The first kappa shape index (κ1) is 13.1. The Morgan fingerprint density at radius 1 is 1.38 bits per heavy atom. The number of halogens is 3. The fraction of sp³-hybridized carbons (Fsp3) is 0.727. The summed E-state index contributed by atoms with van der Waals surface area (Å²) in [6, 6.07) is -0.360. The van der Waals surface area contributed by atoms with Crippen molar-refractivity contribution in [2.45, 2.75) is 44.3 Å². The summed E-state index contributed by atoms with van der Waals surface area (Å²) in [5, 5.41) is 2.58. The first-order chi connectivity index (χ1) is 7.42. The Morgan fingerprint density at radius 2 is 2.00 bits per heavy atom. The molecule has 5 heteroatoms. The number of rotatable bonds is 3. The van der Waals surface area contributed by atoms with Gasteiger partial charge in [-0.05, 0) is 24.8 Å². The second kappa shape index (κ2) is 5.37. The molecule has 92 valence electrons. The highest BCUT2D eigenvalue weighted by Crippen LogP contribution is 2.34. The SMILES string of the molecule is C=CC(=O)N[C@H]1CCCC[C@H]1CC(F)(F)F. The van der Waals surface area contributed by atoms with Crippen molar-refractivity contribution in [3.8, 4) is 0 Å². The molecule has 0 radical (unpaired) electrons. The van der Waals surface area contributed by atoms with Crippen LogP contribution >= 0.6 is 0 Å². The molecule has 1 fully saturated rings. The third kappa shape index (κ3) is 4.24. The van der Waals surface area contributed by atoms with Gasteiger partial charge in [-0.1, -0.05) is 19.4 Å². The van der Waals surface area contributed by atoms with Crippen LogP contribution in [0.2, 0.25) is 0 Å². The van der Waals surface area contributed by atoms with Gasteiger partial charge in [-0.2, -0.15) is 13.2 Å². The highest BCUT2D eigenvalue weighted by atomic mass is 19.4. The first-order valence-electron chi connectivity index (χ1n) is 5.42. The molecular weight excluding hydrogens is 219 g/mol. The number of hydrogen-bond acceptors (Lipinski definition) is 1. The highest BCUT2D eigenvalue weighted by Gasteiger charge is 2.37. The molecule has 0 aromatic heterocycles. The molecular formula is C11H16F3NO. The van der Waals surface area contributed by atoms with Crippen LogP contribution in [0.1, 0.15) is 32.1 Å². The van der Waals surface area contributed by atoms with Crippen molar-refractivity contribution in [1.82, 2.24) is 5.32 Å². The molecule has 1 N–H and O–H groups in total. The van der Waals surface area contributed by atoms with E-state index in [-0.39, 0.29) is 11.9 Å². The number of amides is 1. The lowest BCUT2D eigenvalue weighted by Crippen LogP contribution is -2.42. The summed E-state index contributed by atoms with van der Waals surface area (Å²) in [6.07, 6.45) is -1.03. The summed E-state index contributed by atoms with van der Waals surface area (Å²) < 4.78 is 36.9. The minimum atomic E-state index is -4.15. The zero-order valence-corrected chi connectivity index (χ0v) is 9.02. The largest absolute Gasteiger partial charge is 0.389 e. The predicted octanol–water partition coefficient (Wildman–Crippen LogP) is 2.80. The van der Waals surface area contributed by atoms with Crippen molar-refractivity contribution < 1.29 is 18.0 Å². The first-order valence-corrected chi connectivity index (χ1v) is 5.42. The van der Waals surface area contributed by atoms with Crippen molar-refractivity contribution in [2.75, 3.05) is 0 Å². The van der Waals surface area contributed by atoms with Gasteiger partial charge in [0.05, 0.1) is 0 Å². The van der Waals surface area contributed by atoms with Gasteiger partial charge in [0.1, 0.15) is 0 Å². The molecule has 1 saturated carbocycles. The third-order valence-electron chi connectivity index (χ3n) is 2.92. The van der Waals surface area contributed by atoms with Gasteiger partial charge in [-0.25, -0.2) is 0 Å². The van der Waals surface area contributed by atoms with E-state index in [2.05, 4.69) is 11.9 Å². The van der Waals surface area contributed by atoms with Crippen LogP contribution in [0.3, 0.4) is 0 Å². The van der Waals surface area contributed by atoms with Crippen LogP contribution in [0, 0.1) is 5.92 Å². The molecule has 0 heterocycles. The fourth-order valence-electron chi connectivity index (χ4n) is 2.18. The van der Waals surface area contributed by atoms with E-state index in [1.165, 1.54) is 0 Å². The van der Waals surface area contributed by atoms with Crippen molar-refractivity contribution in [3.05, 3.63) is 12.7 Å². The van der Waals surface area contributed by atoms with E-state index >= 15 is 0 Å². The van der Waals surface area contributed by atoms with Gasteiger partial charge in [0.15, 0.2) is 0 Å². The summed E-state index contributed by atoms with van der Waals surface area (Å²) in [5.74, 6) is -0.878. The summed E-state index contributed by atoms with van der Waals surface area (Å²) in [4.78, 5) is 11.1. The molecule has 0 aliphatic heterocycles. The molecule has 2 nitrogen and oxygen atoms in total. The Labute approximate surface area is 92.9 Å². The Bertz CT molecular complexity index is 262. The van der Waals surface area contributed by atoms with E-state index in [0.717, 1.165) is 18.9 Å². The Balaban J connectivity index is 2.56. The smallest absolute Gasteiger partial charge is 0.350 e. The average Bonchev–Trinajstić information content (AvgIpc) is 2.18. The van der Waals surface area contributed by atoms with Crippen LogP contribution in [0.5, 0.6) is 0 Å². The van der Waals surface area contributed by atoms with Crippen LogP contribution in [0.25, 0.3) is 0 Å². The van der Waals surface area contributed by atoms with E-state index in [4.69, 9.17) is 0 Å². The zero-order chi connectivity index (χ0) is 12.2. The van der Waals surface area contributed by atoms with Crippen LogP contribution < -0.4 is 5.32 Å². The minimum absolute atomic E-state index is 0.360. The van der Waals surface area contributed by atoms with Gasteiger partial charge in [0.2, 0.25) is 5.91 Å². The molecule has 0 spiro atoms. The van der Waals surface area contributed by atoms with E-state index in [0.29, 0.717) is 12.8 Å². The Kier molecular flexibility index (Phi) is 4.38. The lowest BCUT2D eigenvalue weighted by molar-refractivity contribution is -0.149. The quantitative estimate of drug-likeness (QED) is 0.749. The van der Waals surface area contributed by atoms with Gasteiger partial charge >= 0.3 is 6.18 Å². The predicted molar refractivity (Wildman–Crippen MR) is 54.8 cm³/mol. The molecule has 0 unspecified atom stereocenters. The number of alkyl halides is 3. The summed E-state index contributed by atoms with van der Waals surface area (Å²) in [6.45, 7) is 3.29. The molecule has 1 rings (SSSR count). The molecule has 2 atom stereocenters. The Morgan fingerprint density at radius 3 is 2.56 bits per heavy atom. The molecule has 16 heavy (non-hydrogen) atoms. The van der Waals surface area contributed by atoms with Crippen LogP contribution in [0.15, 0.2) is 12.7 Å². The monoisotopic (exact) mass is 235 g/mol. The maximum Gasteiger partial charge on any atom is 0.389 e. The Hall–Kier alpha value is -1.00. The molecule has 1 aliphatic carbocycles. The van der Waals surface area contributed by atoms with Gasteiger partial charge < -0.3 is 5.32 Å². The highest BCUT2D eigenvalue weighted by molar-refractivity contribution is 5.87. The fourth-order valence-corrected chi connectivity index (χ4v) is 2.18. The van der Waals surface area contributed by atoms with E-state index in [1.807, 2.05) is 0 Å². The van der Waals surface area contributed by atoms with Crippen LogP contribution in [0.4, 0.5) is 13.2 Å². The van der Waals surface area contributed by atoms with Crippen LogP contribution in [-0.4, -0.2) is 18.1 Å². The minimum Gasteiger partial charge on any atom is -0.350 e. The number of nitrogens with one attached hydrogen (secondary N) is 1. The normalized spacial score (nSPS) is 26.2. The lowest BCUT2D eigenvalue weighted by atomic mass is 9.82. The number of carbonyl (C=O) groups excluding carboxylic acids is 1. The average molecular weight is 235 g/mol. The third-order valence-corrected chi connectivity index (χ3v) is 2.92. The van der Waals surface area contributed by atoms with E-state index in [9.17, 15) is 18.0 Å². The topological polar surface area (TPSA) is 29.1 Å². The van der Waals surface area contributed by atoms with Crippen molar-refractivity contribution >= 4 is 5.91 Å². The second-order valence-corrected chi connectivity index (χ2v) is 4.18. The molecule has 0 aromatic rings. The van der Waals surface area contributed by atoms with Gasteiger partial charge in [0.25, 0.3) is 0 Å². The van der Waals surface area contributed by atoms with Gasteiger partial charge in [-0.3, -0.25) is 4.79 Å². The van der Waals surface area contributed by atoms with E-state index in [1.54, 1.807) is 0 Å². The molecule has 0 saturated heterocycles. The maximum absolute atomic E-state index is 12.3. The van der Waals surface area contributed by atoms with Gasteiger partial charge in [-0.15, -0.1) is 0 Å². The van der Waals surface area contributed by atoms with Gasteiger partial charge in [0, 0.05) is 12.5 Å². The zero-order valence-electron chi connectivity index (χ0n) is 9.02. The summed E-state index contributed by atoms with van der Waals surface area (Å²) >= 11 is 0. The van der Waals surface area contributed by atoms with Crippen LogP contribution in [-0.2, 0) is 4.79 Å². The summed E-state index contributed by atoms with van der Waals surface area (Å²) in [7, 11) is 0. The van der Waals surface area contributed by atoms with E-state index < -0.39 is 18.5 Å².